The Bertz CT molecular complexity index is 2560. The molecule has 1 spiro atoms. The molecule has 3 saturated carbocycles. The van der Waals surface area contributed by atoms with Crippen molar-refractivity contribution in [1.29, 1.82) is 0 Å². The molecule has 1 N–H and O–H groups in total. The summed E-state index contributed by atoms with van der Waals surface area (Å²) in [4.78, 5) is 14.7. The molecule has 2 bridgehead atoms. The molecular weight excluding hydrogens is 1010 g/mol. The van der Waals surface area contributed by atoms with Gasteiger partial charge in [-0.15, -0.1) is 0 Å². The summed E-state index contributed by atoms with van der Waals surface area (Å²) in [6.07, 6.45) is -8.48. The molecule has 0 aromatic heterocycles. The van der Waals surface area contributed by atoms with Gasteiger partial charge in [-0.3, -0.25) is 0 Å². The highest BCUT2D eigenvalue weighted by Crippen LogP contribution is 2.73. The summed E-state index contributed by atoms with van der Waals surface area (Å²) in [5, 5.41) is 13.6. The Morgan fingerprint density at radius 1 is 0.610 bits per heavy atom. The van der Waals surface area contributed by atoms with E-state index < -0.39 is 96.2 Å². The average Bonchev–Trinajstić information content (AvgIpc) is 3.82. The van der Waals surface area contributed by atoms with Gasteiger partial charge in [-0.2, -0.15) is 0 Å². The lowest BCUT2D eigenvalue weighted by molar-refractivity contribution is -0.345. The van der Waals surface area contributed by atoms with E-state index in [0.29, 0.717) is 24.5 Å². The van der Waals surface area contributed by atoms with Gasteiger partial charge in [0.1, 0.15) is 54.9 Å². The fourth-order valence-corrected chi connectivity index (χ4v) is 25.2. The van der Waals surface area contributed by atoms with Crippen molar-refractivity contribution in [2.24, 2.45) is 16.7 Å². The summed E-state index contributed by atoms with van der Waals surface area (Å²) < 4.78 is 80.3. The van der Waals surface area contributed by atoms with Crippen LogP contribution in [0.1, 0.15) is 122 Å². The SMILES string of the molecule is CC(C)[Si]1(C(C)C)O[C@H]2[C@H]3OC4(C[C@@H]5CC[C@@]4(C)C5(C)C)O[C@H]3[C@H](O[C@H]3O[C@H](COCc4ccccc4)[C@@H](OCc4ccccc4)[C@H](OCc4ccccc4)[C@@H]3OC(=O)c3ccccc3)[C@@H](O)[C@@H]2O[Si](C(C)C)(C(C)C)O1. The molecule has 77 heavy (non-hydrogen) atoms. The molecule has 3 saturated heterocycles. The van der Waals surface area contributed by atoms with E-state index in [4.69, 9.17) is 50.9 Å². The lowest BCUT2D eigenvalue weighted by Gasteiger charge is -2.50. The van der Waals surface area contributed by atoms with Gasteiger partial charge < -0.3 is 56.0 Å². The van der Waals surface area contributed by atoms with Gasteiger partial charge in [0.15, 0.2) is 18.2 Å². The van der Waals surface area contributed by atoms with Crippen LogP contribution in [0.3, 0.4) is 0 Å². The molecule has 418 valence electrons. The second kappa shape index (κ2) is 22.7. The van der Waals surface area contributed by atoms with Crippen LogP contribution < -0.4 is 0 Å². The minimum absolute atomic E-state index is 0.00803. The average molecular weight is 1090 g/mol. The van der Waals surface area contributed by atoms with E-state index >= 15 is 0 Å². The molecule has 6 aliphatic rings. The molecule has 10 rings (SSSR count). The van der Waals surface area contributed by atoms with Crippen molar-refractivity contribution < 1.29 is 60.8 Å². The second-order valence-electron chi connectivity index (χ2n) is 24.6. The molecule has 13 nitrogen and oxygen atoms in total. The highest BCUT2D eigenvalue weighted by atomic mass is 28.5. The number of hydrogen-bond donors (Lipinski definition) is 1. The lowest BCUT2D eigenvalue weighted by Crippen LogP contribution is -2.69. The van der Waals surface area contributed by atoms with E-state index in [2.05, 4.69) is 76.2 Å². The number of hydrogen-bond acceptors (Lipinski definition) is 13. The van der Waals surface area contributed by atoms with Gasteiger partial charge in [-0.1, -0.05) is 185 Å². The first kappa shape index (κ1) is 56.6. The first-order valence-corrected chi connectivity index (χ1v) is 32.4. The van der Waals surface area contributed by atoms with Crippen molar-refractivity contribution in [2.75, 3.05) is 6.61 Å². The Morgan fingerprint density at radius 3 is 1.61 bits per heavy atom. The molecular formula is C62H84O13Si2. The minimum Gasteiger partial charge on any atom is -0.450 e. The van der Waals surface area contributed by atoms with Crippen molar-refractivity contribution in [3.8, 4) is 0 Å². The molecule has 3 heterocycles. The number of fused-ring (bicyclic) bond motifs is 6. The van der Waals surface area contributed by atoms with E-state index in [0.717, 1.165) is 29.5 Å². The van der Waals surface area contributed by atoms with Crippen LogP contribution in [0, 0.1) is 16.7 Å². The normalized spacial score (nSPS) is 34.9. The smallest absolute Gasteiger partial charge is 0.338 e. The lowest BCUT2D eigenvalue weighted by atomic mass is 9.68. The van der Waals surface area contributed by atoms with Gasteiger partial charge in [-0.05, 0) is 75.2 Å². The summed E-state index contributed by atoms with van der Waals surface area (Å²) in [7, 11) is -6.47. The maximum absolute atomic E-state index is 14.7. The number of aliphatic hydroxyl groups is 1. The van der Waals surface area contributed by atoms with Crippen molar-refractivity contribution in [2.45, 2.75) is 211 Å². The summed E-state index contributed by atoms with van der Waals surface area (Å²) >= 11 is 0. The Balaban J connectivity index is 1.10. The fraction of sp³-hybridized carbons (Fsp3) is 0.597. The molecule has 4 aromatic carbocycles. The van der Waals surface area contributed by atoms with Crippen LogP contribution >= 0.6 is 0 Å². The van der Waals surface area contributed by atoms with Gasteiger partial charge in [-0.25, -0.2) is 4.79 Å². The van der Waals surface area contributed by atoms with Gasteiger partial charge >= 0.3 is 23.1 Å². The number of benzene rings is 4. The molecule has 0 amide bonds. The molecule has 4 aromatic rings. The van der Waals surface area contributed by atoms with Crippen LogP contribution in [0.25, 0.3) is 0 Å². The fourth-order valence-electron chi connectivity index (χ4n) is 13.9. The van der Waals surface area contributed by atoms with Crippen molar-refractivity contribution >= 4 is 23.1 Å². The van der Waals surface area contributed by atoms with Crippen molar-refractivity contribution in [1.82, 2.24) is 0 Å². The Kier molecular flexibility index (Phi) is 16.7. The predicted octanol–water partition coefficient (Wildman–Crippen LogP) is 11.7. The van der Waals surface area contributed by atoms with Crippen LogP contribution in [0.4, 0.5) is 0 Å². The van der Waals surface area contributed by atoms with E-state index in [-0.39, 0.29) is 52.8 Å². The highest BCUT2D eigenvalue weighted by molar-refractivity contribution is 6.84. The van der Waals surface area contributed by atoms with E-state index in [1.54, 1.807) is 24.3 Å². The molecule has 15 heteroatoms. The third-order valence-electron chi connectivity index (χ3n) is 18.7. The zero-order valence-electron chi connectivity index (χ0n) is 47.1. The second-order valence-corrected chi connectivity index (χ2v) is 33.4. The maximum Gasteiger partial charge on any atom is 0.338 e. The third-order valence-corrected chi connectivity index (χ3v) is 29.0. The molecule has 14 atom stereocenters. The predicted molar refractivity (Wildman–Crippen MR) is 296 cm³/mol. The molecule has 3 aliphatic carbocycles. The number of carbonyl (C=O) groups is 1. The standard InChI is InChI=1S/C62H84O13Si2/c1-39(2)76(40(3)4)73-52-49(63)51(54-55(56(52)74-77(75-76,41(5)6)42(7)8)72-62(71-54)34-47-32-33-61(62,11)60(47,9)10)70-59-57(69-58(64)46-30-22-15-23-31-46)53(67-37-45-28-20-14-21-29-45)50(66-36-44-26-18-13-19-27-44)48(68-59)38-65-35-43-24-16-12-17-25-43/h12-31,39-42,47-57,59,63H,32-38H2,1-11H3/t47-,48+,49+,50+,51+,52-,53-,54-,55-,56+,57-,59+,61-,62?/m0/s1. The van der Waals surface area contributed by atoms with Gasteiger partial charge in [0.2, 0.25) is 0 Å². The number of esters is 1. The summed E-state index contributed by atoms with van der Waals surface area (Å²) in [5.41, 5.74) is 2.72. The van der Waals surface area contributed by atoms with E-state index in [9.17, 15) is 9.90 Å². The van der Waals surface area contributed by atoms with Crippen LogP contribution in [-0.4, -0.2) is 108 Å². The number of ether oxygens (including phenoxy) is 8. The Hall–Kier alpha value is -3.66. The topological polar surface area (TPSA) is 139 Å². The number of rotatable bonds is 18. The third kappa shape index (κ3) is 10.4. The van der Waals surface area contributed by atoms with E-state index in [1.807, 2.05) is 97.1 Å². The van der Waals surface area contributed by atoms with Crippen LogP contribution in [-0.2, 0) is 70.7 Å². The first-order valence-electron chi connectivity index (χ1n) is 28.4. The largest absolute Gasteiger partial charge is 0.450 e. The van der Waals surface area contributed by atoms with Gasteiger partial charge in [0, 0.05) is 11.8 Å². The quantitative estimate of drug-likeness (QED) is 0.0748. The highest BCUT2D eigenvalue weighted by Gasteiger charge is 2.77. The molecule has 3 aliphatic heterocycles. The van der Waals surface area contributed by atoms with Crippen LogP contribution in [0.5, 0.6) is 0 Å². The molecule has 6 fully saturated rings. The maximum atomic E-state index is 14.7. The van der Waals surface area contributed by atoms with Crippen LogP contribution in [0.15, 0.2) is 121 Å². The zero-order valence-corrected chi connectivity index (χ0v) is 49.1. The van der Waals surface area contributed by atoms with Crippen molar-refractivity contribution in [3.63, 3.8) is 0 Å². The molecule has 1 unspecified atom stereocenters. The van der Waals surface area contributed by atoms with Gasteiger partial charge in [0.05, 0.1) is 32.0 Å². The monoisotopic (exact) mass is 1090 g/mol. The minimum atomic E-state index is -3.27. The van der Waals surface area contributed by atoms with Crippen molar-refractivity contribution in [3.05, 3.63) is 144 Å². The van der Waals surface area contributed by atoms with E-state index in [1.165, 1.54) is 0 Å². The Morgan fingerprint density at radius 2 is 1.10 bits per heavy atom. The van der Waals surface area contributed by atoms with Crippen LogP contribution in [0.2, 0.25) is 22.2 Å². The molecule has 0 radical (unpaired) electrons. The number of aliphatic hydroxyl groups excluding tert-OH is 1. The number of carbonyl (C=O) groups excluding carboxylic acids is 1. The zero-order chi connectivity index (χ0) is 54.5. The summed E-state index contributed by atoms with van der Waals surface area (Å²) in [6.45, 7) is 25.2. The first-order chi connectivity index (χ1) is 36.8. The summed E-state index contributed by atoms with van der Waals surface area (Å²) in [5.74, 6) is -1.28. The Labute approximate surface area is 459 Å². The summed E-state index contributed by atoms with van der Waals surface area (Å²) in [6, 6.07) is 38.6. The van der Waals surface area contributed by atoms with Gasteiger partial charge in [0.25, 0.3) is 0 Å².